The van der Waals surface area contributed by atoms with Crippen LogP contribution in [0.2, 0.25) is 0 Å². The SMILES string of the molecule is COc1ccc(OC)c(N(C(C)C(=O)Nc2ccccc2C(C)C)S(C)(=O)=O)c1. The summed E-state index contributed by atoms with van der Waals surface area (Å²) in [6.45, 7) is 5.59. The molecular formula is C21H28N2O5S. The predicted molar refractivity (Wildman–Crippen MR) is 115 cm³/mol. The first kappa shape index (κ1) is 22.5. The lowest BCUT2D eigenvalue weighted by molar-refractivity contribution is -0.116. The summed E-state index contributed by atoms with van der Waals surface area (Å²) in [5.41, 5.74) is 1.86. The highest BCUT2D eigenvalue weighted by Gasteiger charge is 2.32. The van der Waals surface area contributed by atoms with Crippen molar-refractivity contribution in [2.75, 3.05) is 30.1 Å². The molecule has 1 amide bonds. The minimum absolute atomic E-state index is 0.200. The van der Waals surface area contributed by atoms with Crippen LogP contribution in [-0.4, -0.2) is 40.8 Å². The third kappa shape index (κ3) is 5.20. The molecule has 0 saturated heterocycles. The molecule has 0 aliphatic heterocycles. The number of hydrogen-bond acceptors (Lipinski definition) is 5. The van der Waals surface area contributed by atoms with E-state index in [-0.39, 0.29) is 11.6 Å². The van der Waals surface area contributed by atoms with Crippen molar-refractivity contribution in [3.05, 3.63) is 48.0 Å². The number of anilines is 2. The molecule has 0 fully saturated rings. The zero-order valence-corrected chi connectivity index (χ0v) is 18.4. The van der Waals surface area contributed by atoms with E-state index in [0.29, 0.717) is 17.2 Å². The molecule has 0 heterocycles. The minimum Gasteiger partial charge on any atom is -0.497 e. The number of amides is 1. The Balaban J connectivity index is 2.46. The summed E-state index contributed by atoms with van der Waals surface area (Å²) in [6.07, 6.45) is 1.05. The van der Waals surface area contributed by atoms with Gasteiger partial charge in [0.25, 0.3) is 0 Å². The molecule has 2 aromatic carbocycles. The zero-order chi connectivity index (χ0) is 21.8. The van der Waals surface area contributed by atoms with E-state index in [9.17, 15) is 13.2 Å². The van der Waals surface area contributed by atoms with Gasteiger partial charge in [-0.25, -0.2) is 8.42 Å². The van der Waals surface area contributed by atoms with Crippen LogP contribution in [0.4, 0.5) is 11.4 Å². The van der Waals surface area contributed by atoms with Gasteiger partial charge in [-0.15, -0.1) is 0 Å². The predicted octanol–water partition coefficient (Wildman–Crippen LogP) is 3.62. The third-order valence-corrected chi connectivity index (χ3v) is 5.78. The highest BCUT2D eigenvalue weighted by molar-refractivity contribution is 7.92. The van der Waals surface area contributed by atoms with Gasteiger partial charge in [0.1, 0.15) is 17.5 Å². The van der Waals surface area contributed by atoms with Gasteiger partial charge < -0.3 is 14.8 Å². The maximum absolute atomic E-state index is 13.0. The van der Waals surface area contributed by atoms with Gasteiger partial charge in [0.05, 0.1) is 26.2 Å². The summed E-state index contributed by atoms with van der Waals surface area (Å²) in [7, 11) is -0.880. The molecule has 0 aliphatic rings. The second-order valence-corrected chi connectivity index (χ2v) is 8.86. The number of para-hydroxylation sites is 1. The van der Waals surface area contributed by atoms with Crippen LogP contribution in [0.5, 0.6) is 11.5 Å². The molecule has 0 saturated carbocycles. The Morgan fingerprint density at radius 2 is 1.69 bits per heavy atom. The molecule has 158 valence electrons. The van der Waals surface area contributed by atoms with Gasteiger partial charge in [0, 0.05) is 11.8 Å². The van der Waals surface area contributed by atoms with Gasteiger partial charge in [0.2, 0.25) is 15.9 Å². The lowest BCUT2D eigenvalue weighted by atomic mass is 10.0. The highest BCUT2D eigenvalue weighted by Crippen LogP contribution is 2.35. The molecule has 2 aromatic rings. The second kappa shape index (κ2) is 9.17. The Morgan fingerprint density at radius 1 is 1.03 bits per heavy atom. The lowest BCUT2D eigenvalue weighted by Gasteiger charge is -2.30. The van der Waals surface area contributed by atoms with E-state index in [1.165, 1.54) is 27.2 Å². The molecule has 1 unspecified atom stereocenters. The Morgan fingerprint density at radius 3 is 2.24 bits per heavy atom. The van der Waals surface area contributed by atoms with Crippen molar-refractivity contribution >= 4 is 27.3 Å². The number of carbonyl (C=O) groups is 1. The number of nitrogens with zero attached hydrogens (tertiary/aromatic N) is 1. The Labute approximate surface area is 172 Å². The first-order valence-corrected chi connectivity index (χ1v) is 11.1. The number of methoxy groups -OCH3 is 2. The molecule has 1 atom stereocenters. The van der Waals surface area contributed by atoms with E-state index < -0.39 is 22.0 Å². The standard InChI is InChI=1S/C21H28N2O5S/c1-14(2)17-9-7-8-10-18(17)22-21(24)15(3)23(29(6,25)26)19-13-16(27-4)11-12-20(19)28-5/h7-15H,1-6H3,(H,22,24). The van der Waals surface area contributed by atoms with Gasteiger partial charge >= 0.3 is 0 Å². The summed E-state index contributed by atoms with van der Waals surface area (Å²) in [6, 6.07) is 11.2. The fourth-order valence-electron chi connectivity index (χ4n) is 3.10. The summed E-state index contributed by atoms with van der Waals surface area (Å²) in [5.74, 6) is 0.519. The van der Waals surface area contributed by atoms with Gasteiger partial charge in [-0.3, -0.25) is 9.10 Å². The van der Waals surface area contributed by atoms with Crippen LogP contribution in [0, 0.1) is 0 Å². The lowest BCUT2D eigenvalue weighted by Crippen LogP contribution is -2.45. The molecule has 0 aliphatic carbocycles. The van der Waals surface area contributed by atoms with Crippen LogP contribution in [0.25, 0.3) is 0 Å². The normalized spacial score (nSPS) is 12.4. The maximum Gasteiger partial charge on any atom is 0.248 e. The summed E-state index contributed by atoms with van der Waals surface area (Å²) in [5, 5.41) is 2.86. The smallest absolute Gasteiger partial charge is 0.248 e. The molecule has 7 nitrogen and oxygen atoms in total. The molecule has 0 spiro atoms. The maximum atomic E-state index is 13.0. The first-order chi connectivity index (χ1) is 13.6. The van der Waals surface area contributed by atoms with Gasteiger partial charge in [-0.05, 0) is 36.6 Å². The summed E-state index contributed by atoms with van der Waals surface area (Å²) < 4.78 is 36.8. The number of rotatable bonds is 8. The van der Waals surface area contributed by atoms with Crippen LogP contribution in [-0.2, 0) is 14.8 Å². The largest absolute Gasteiger partial charge is 0.497 e. The van der Waals surface area contributed by atoms with E-state index in [4.69, 9.17) is 9.47 Å². The Kier molecular flexibility index (Phi) is 7.13. The van der Waals surface area contributed by atoms with E-state index >= 15 is 0 Å². The Bertz CT molecular complexity index is 973. The topological polar surface area (TPSA) is 84.9 Å². The number of nitrogens with one attached hydrogen (secondary N) is 1. The average Bonchev–Trinajstić information content (AvgIpc) is 2.67. The van der Waals surface area contributed by atoms with Crippen molar-refractivity contribution in [1.82, 2.24) is 0 Å². The van der Waals surface area contributed by atoms with Crippen molar-refractivity contribution in [2.45, 2.75) is 32.7 Å². The van der Waals surface area contributed by atoms with Crippen molar-refractivity contribution < 1.29 is 22.7 Å². The Hall–Kier alpha value is -2.74. The highest BCUT2D eigenvalue weighted by atomic mass is 32.2. The molecule has 8 heteroatoms. The fraction of sp³-hybridized carbons (Fsp3) is 0.381. The monoisotopic (exact) mass is 420 g/mol. The van der Waals surface area contributed by atoms with E-state index in [1.807, 2.05) is 32.0 Å². The third-order valence-electron chi connectivity index (χ3n) is 4.55. The average molecular weight is 421 g/mol. The van der Waals surface area contributed by atoms with Crippen LogP contribution in [0.15, 0.2) is 42.5 Å². The molecule has 0 bridgehead atoms. The van der Waals surface area contributed by atoms with E-state index in [2.05, 4.69) is 5.32 Å². The number of hydrogen-bond donors (Lipinski definition) is 1. The van der Waals surface area contributed by atoms with Crippen molar-refractivity contribution in [3.8, 4) is 11.5 Å². The number of carbonyl (C=O) groups excluding carboxylic acids is 1. The fourth-order valence-corrected chi connectivity index (χ4v) is 4.27. The zero-order valence-electron chi connectivity index (χ0n) is 17.6. The second-order valence-electron chi connectivity index (χ2n) is 7.00. The van der Waals surface area contributed by atoms with Gasteiger partial charge in [0.15, 0.2) is 0 Å². The van der Waals surface area contributed by atoms with Crippen molar-refractivity contribution in [2.24, 2.45) is 0 Å². The first-order valence-electron chi connectivity index (χ1n) is 9.21. The summed E-state index contributed by atoms with van der Waals surface area (Å²) in [4.78, 5) is 13.0. The van der Waals surface area contributed by atoms with E-state index in [1.54, 1.807) is 18.2 Å². The molecule has 0 radical (unpaired) electrons. The van der Waals surface area contributed by atoms with Gasteiger partial charge in [-0.2, -0.15) is 0 Å². The van der Waals surface area contributed by atoms with Crippen LogP contribution >= 0.6 is 0 Å². The minimum atomic E-state index is -3.80. The summed E-state index contributed by atoms with van der Waals surface area (Å²) >= 11 is 0. The van der Waals surface area contributed by atoms with Crippen LogP contribution in [0.1, 0.15) is 32.3 Å². The number of ether oxygens (including phenoxy) is 2. The van der Waals surface area contributed by atoms with E-state index in [0.717, 1.165) is 16.1 Å². The van der Waals surface area contributed by atoms with Crippen molar-refractivity contribution in [1.29, 1.82) is 0 Å². The van der Waals surface area contributed by atoms with Gasteiger partial charge in [-0.1, -0.05) is 32.0 Å². The molecule has 1 N–H and O–H groups in total. The number of sulfonamides is 1. The van der Waals surface area contributed by atoms with Crippen LogP contribution in [0.3, 0.4) is 0 Å². The molecular weight excluding hydrogens is 392 g/mol. The van der Waals surface area contributed by atoms with Crippen LogP contribution < -0.4 is 19.1 Å². The molecule has 2 rings (SSSR count). The van der Waals surface area contributed by atoms with Crippen molar-refractivity contribution in [3.63, 3.8) is 0 Å². The number of benzene rings is 2. The quantitative estimate of drug-likeness (QED) is 0.705. The molecule has 0 aromatic heterocycles. The molecule has 29 heavy (non-hydrogen) atoms.